The van der Waals surface area contributed by atoms with Crippen molar-refractivity contribution >= 4 is 11.6 Å². The summed E-state index contributed by atoms with van der Waals surface area (Å²) in [5.41, 5.74) is 10.6. The van der Waals surface area contributed by atoms with Gasteiger partial charge in [0.1, 0.15) is 11.3 Å². The molecule has 4 rings (SSSR count). The molecule has 0 amide bonds. The summed E-state index contributed by atoms with van der Waals surface area (Å²) in [5, 5.41) is 16.1. The zero-order chi connectivity index (χ0) is 16.0. The number of aliphatic hydroxyl groups is 1. The summed E-state index contributed by atoms with van der Waals surface area (Å²) in [5.74, 6) is 0.163. The Hall–Kier alpha value is -2.68. The molecule has 0 bridgehead atoms. The van der Waals surface area contributed by atoms with Crippen molar-refractivity contribution in [2.75, 3.05) is 0 Å². The average molecular weight is 302 g/mol. The van der Waals surface area contributed by atoms with E-state index >= 15 is 0 Å². The van der Waals surface area contributed by atoms with Gasteiger partial charge in [-0.05, 0) is 58.7 Å². The van der Waals surface area contributed by atoms with E-state index in [-0.39, 0.29) is 11.7 Å². The molecule has 0 unspecified atom stereocenters. The van der Waals surface area contributed by atoms with Crippen LogP contribution in [-0.2, 0) is 0 Å². The van der Waals surface area contributed by atoms with Crippen LogP contribution in [0.2, 0.25) is 0 Å². The molecule has 114 valence electrons. The number of hydrogen-bond donors (Lipinski definition) is 2. The van der Waals surface area contributed by atoms with E-state index in [1.165, 1.54) is 27.2 Å². The van der Waals surface area contributed by atoms with Crippen LogP contribution in [0.5, 0.6) is 0 Å². The zero-order valence-corrected chi connectivity index (χ0v) is 13.0. The predicted octanol–water partition coefficient (Wildman–Crippen LogP) is 3.31. The largest absolute Gasteiger partial charge is 0.508 e. The number of rotatable bonds is 2. The molecular weight excluding hydrogens is 284 g/mol. The second-order valence-corrected chi connectivity index (χ2v) is 6.43. The lowest BCUT2D eigenvalue weighted by Gasteiger charge is -2.34. The van der Waals surface area contributed by atoms with E-state index in [9.17, 15) is 5.11 Å². The molecule has 0 heterocycles. The van der Waals surface area contributed by atoms with Crippen molar-refractivity contribution in [3.05, 3.63) is 82.0 Å². The summed E-state index contributed by atoms with van der Waals surface area (Å²) in [6.45, 7) is 1.90. The molecule has 3 heteroatoms. The van der Waals surface area contributed by atoms with Gasteiger partial charge in [-0.25, -0.2) is 5.53 Å². The second kappa shape index (κ2) is 4.92. The Morgan fingerprint density at radius 3 is 2.87 bits per heavy atom. The first-order valence-corrected chi connectivity index (χ1v) is 7.82. The standard InChI is InChI=1S/C20H18N2O/c1-20(22-21)12-14(23)9-10-19(20)17-8-4-7-16-15-6-3-2-5-13(15)11-18(16)17/h2-7,9-12,19,21,23H,8H2,1H3/t19-,20+/m1/s1. The molecule has 3 aliphatic rings. The lowest BCUT2D eigenvalue weighted by Crippen LogP contribution is -2.33. The highest BCUT2D eigenvalue weighted by Gasteiger charge is 2.37. The van der Waals surface area contributed by atoms with E-state index in [0.717, 1.165) is 6.42 Å². The molecule has 2 atom stereocenters. The van der Waals surface area contributed by atoms with Gasteiger partial charge in [0, 0.05) is 5.92 Å². The van der Waals surface area contributed by atoms with Gasteiger partial charge in [-0.3, -0.25) is 0 Å². The minimum atomic E-state index is -0.736. The molecule has 2 N–H and O–H groups in total. The maximum absolute atomic E-state index is 9.81. The minimum Gasteiger partial charge on any atom is -0.508 e. The Bertz CT molecular complexity index is 946. The minimum absolute atomic E-state index is 0.0172. The van der Waals surface area contributed by atoms with Crippen LogP contribution < -0.4 is 10.4 Å². The van der Waals surface area contributed by atoms with Crippen molar-refractivity contribution in [3.8, 4) is 0 Å². The Morgan fingerprint density at radius 1 is 1.22 bits per heavy atom. The number of hydrogen-bond acceptors (Lipinski definition) is 3. The first-order chi connectivity index (χ1) is 11.1. The molecule has 0 radical (unpaired) electrons. The number of fused-ring (bicyclic) bond motifs is 2. The number of nitrogens with zero attached hydrogens (tertiary/aromatic N) is 1. The molecule has 1 aromatic rings. The lowest BCUT2D eigenvalue weighted by atomic mass is 9.73. The van der Waals surface area contributed by atoms with Crippen molar-refractivity contribution in [3.63, 3.8) is 0 Å². The van der Waals surface area contributed by atoms with E-state index in [1.807, 2.05) is 13.0 Å². The molecule has 23 heavy (non-hydrogen) atoms. The number of aliphatic hydroxyl groups excluding tert-OH is 1. The van der Waals surface area contributed by atoms with Gasteiger partial charge >= 0.3 is 0 Å². The molecule has 0 spiro atoms. The summed E-state index contributed by atoms with van der Waals surface area (Å²) in [4.78, 5) is 0. The van der Waals surface area contributed by atoms with E-state index in [4.69, 9.17) is 5.53 Å². The highest BCUT2D eigenvalue weighted by Crippen LogP contribution is 2.41. The fraction of sp³-hybridized carbons (Fsp3) is 0.200. The predicted molar refractivity (Wildman–Crippen MR) is 91.2 cm³/mol. The molecule has 0 saturated carbocycles. The summed E-state index contributed by atoms with van der Waals surface area (Å²) < 4.78 is 0. The quantitative estimate of drug-likeness (QED) is 0.809. The van der Waals surface area contributed by atoms with Crippen LogP contribution in [0.4, 0.5) is 0 Å². The SMILES string of the molecule is C[C@]1(N=N)C=C(O)C=C[C@@H]1C1=C2C=c3ccccc3=C2C=CC1. The highest BCUT2D eigenvalue weighted by atomic mass is 16.3. The van der Waals surface area contributed by atoms with Crippen LogP contribution in [0, 0.1) is 11.4 Å². The number of benzene rings is 1. The Labute approximate surface area is 134 Å². The van der Waals surface area contributed by atoms with E-state index in [1.54, 1.807) is 12.2 Å². The van der Waals surface area contributed by atoms with Crippen LogP contribution in [-0.4, -0.2) is 10.6 Å². The molecule has 0 fully saturated rings. The van der Waals surface area contributed by atoms with Gasteiger partial charge in [0.2, 0.25) is 0 Å². The fourth-order valence-corrected chi connectivity index (χ4v) is 3.80. The summed E-state index contributed by atoms with van der Waals surface area (Å²) in [7, 11) is 0. The monoisotopic (exact) mass is 302 g/mol. The fourth-order valence-electron chi connectivity index (χ4n) is 3.80. The van der Waals surface area contributed by atoms with Gasteiger partial charge in [0.25, 0.3) is 0 Å². The number of nitrogens with one attached hydrogen (secondary N) is 1. The van der Waals surface area contributed by atoms with Crippen LogP contribution in [0.15, 0.2) is 76.7 Å². The van der Waals surface area contributed by atoms with Gasteiger partial charge in [0.05, 0.1) is 0 Å². The first-order valence-electron chi connectivity index (χ1n) is 7.82. The van der Waals surface area contributed by atoms with Crippen molar-refractivity contribution in [1.29, 1.82) is 5.53 Å². The first kappa shape index (κ1) is 13.9. The highest BCUT2D eigenvalue weighted by molar-refractivity contribution is 5.89. The normalized spacial score (nSPS) is 28.1. The summed E-state index contributed by atoms with van der Waals surface area (Å²) in [6, 6.07) is 8.41. The lowest BCUT2D eigenvalue weighted by molar-refractivity contribution is 0.378. The third kappa shape index (κ3) is 2.04. The van der Waals surface area contributed by atoms with Crippen molar-refractivity contribution in [1.82, 2.24) is 0 Å². The van der Waals surface area contributed by atoms with Gasteiger partial charge < -0.3 is 5.11 Å². The molecule has 3 nitrogen and oxygen atoms in total. The van der Waals surface area contributed by atoms with E-state index < -0.39 is 5.54 Å². The van der Waals surface area contributed by atoms with Crippen molar-refractivity contribution < 1.29 is 5.11 Å². The average Bonchev–Trinajstić information content (AvgIpc) is 2.94. The molecule has 0 aromatic heterocycles. The van der Waals surface area contributed by atoms with E-state index in [0.29, 0.717) is 0 Å². The van der Waals surface area contributed by atoms with Crippen LogP contribution in [0.1, 0.15) is 13.3 Å². The van der Waals surface area contributed by atoms with Gasteiger partial charge in [-0.2, -0.15) is 5.11 Å². The maximum Gasteiger partial charge on any atom is 0.113 e. The Balaban J connectivity index is 1.93. The third-order valence-electron chi connectivity index (χ3n) is 4.95. The Morgan fingerprint density at radius 2 is 2.04 bits per heavy atom. The smallest absolute Gasteiger partial charge is 0.113 e. The van der Waals surface area contributed by atoms with Gasteiger partial charge in [-0.1, -0.05) is 42.5 Å². The molecule has 3 aliphatic carbocycles. The topological polar surface area (TPSA) is 56.4 Å². The van der Waals surface area contributed by atoms with Gasteiger partial charge in [0.15, 0.2) is 0 Å². The summed E-state index contributed by atoms with van der Waals surface area (Å²) in [6.07, 6.45) is 12.8. The zero-order valence-electron chi connectivity index (χ0n) is 13.0. The Kier molecular flexibility index (Phi) is 2.98. The maximum atomic E-state index is 9.81. The second-order valence-electron chi connectivity index (χ2n) is 6.43. The van der Waals surface area contributed by atoms with Crippen LogP contribution in [0.25, 0.3) is 11.6 Å². The molecule has 1 aromatic carbocycles. The van der Waals surface area contributed by atoms with Crippen molar-refractivity contribution in [2.24, 2.45) is 11.0 Å². The molecule has 0 saturated heterocycles. The van der Waals surface area contributed by atoms with Crippen LogP contribution in [0.3, 0.4) is 0 Å². The molecule has 0 aliphatic heterocycles. The third-order valence-corrected chi connectivity index (χ3v) is 4.95. The van der Waals surface area contributed by atoms with Gasteiger partial charge in [-0.15, -0.1) is 0 Å². The van der Waals surface area contributed by atoms with Crippen LogP contribution >= 0.6 is 0 Å². The molecular formula is C20H18N2O. The van der Waals surface area contributed by atoms with Crippen molar-refractivity contribution in [2.45, 2.75) is 18.9 Å². The number of allylic oxidation sites excluding steroid dienone is 4. The summed E-state index contributed by atoms with van der Waals surface area (Å²) >= 11 is 0. The van der Waals surface area contributed by atoms with E-state index in [2.05, 4.69) is 47.6 Å².